The van der Waals surface area contributed by atoms with Gasteiger partial charge < -0.3 is 4.90 Å². The van der Waals surface area contributed by atoms with Gasteiger partial charge in [0.2, 0.25) is 10.0 Å². The molecule has 0 atom stereocenters. The quantitative estimate of drug-likeness (QED) is 0.516. The van der Waals surface area contributed by atoms with Gasteiger partial charge in [0.1, 0.15) is 0 Å². The molecule has 1 aliphatic heterocycles. The number of aromatic nitrogens is 1. The van der Waals surface area contributed by atoms with Crippen LogP contribution >= 0.6 is 0 Å². The number of hydrogen-bond acceptors (Lipinski definition) is 4. The number of pyridine rings is 1. The lowest BCUT2D eigenvalue weighted by molar-refractivity contribution is 0.215. The zero-order valence-corrected chi connectivity index (χ0v) is 19.9. The third-order valence-electron chi connectivity index (χ3n) is 6.32. The van der Waals surface area contributed by atoms with Crippen LogP contribution in [0.4, 0.5) is 5.69 Å². The van der Waals surface area contributed by atoms with Crippen LogP contribution in [-0.4, -0.2) is 43.7 Å². The van der Waals surface area contributed by atoms with Crippen molar-refractivity contribution in [1.82, 2.24) is 9.88 Å². The smallest absolute Gasteiger partial charge is 0.232 e. The number of nitrogens with zero attached hydrogens (tertiary/aromatic N) is 2. The number of nitrogens with one attached hydrogen (secondary N) is 1. The van der Waals surface area contributed by atoms with E-state index < -0.39 is 10.0 Å². The van der Waals surface area contributed by atoms with Crippen LogP contribution in [0.15, 0.2) is 54.6 Å². The first kappa shape index (κ1) is 22.7. The summed E-state index contributed by atoms with van der Waals surface area (Å²) < 4.78 is 26.8. The maximum atomic E-state index is 12.0. The maximum Gasteiger partial charge on any atom is 0.232 e. The Hall–Kier alpha value is -2.44. The minimum absolute atomic E-state index is 0.151. The van der Waals surface area contributed by atoms with Crippen molar-refractivity contribution in [2.45, 2.75) is 45.4 Å². The van der Waals surface area contributed by atoms with Crippen molar-refractivity contribution >= 4 is 26.6 Å². The molecule has 1 aliphatic rings. The lowest BCUT2D eigenvalue weighted by Crippen LogP contribution is -2.34. The van der Waals surface area contributed by atoms with Crippen molar-refractivity contribution < 1.29 is 8.42 Å². The van der Waals surface area contributed by atoms with E-state index in [1.165, 1.54) is 16.5 Å². The largest absolute Gasteiger partial charge is 0.303 e. The summed E-state index contributed by atoms with van der Waals surface area (Å²) in [5.74, 6) is 0.731. The van der Waals surface area contributed by atoms with Crippen molar-refractivity contribution in [2.24, 2.45) is 0 Å². The molecule has 6 heteroatoms. The van der Waals surface area contributed by atoms with Gasteiger partial charge in [-0.25, -0.2) is 8.42 Å². The Morgan fingerprint density at radius 1 is 1.06 bits per heavy atom. The van der Waals surface area contributed by atoms with E-state index in [2.05, 4.69) is 46.0 Å². The van der Waals surface area contributed by atoms with Crippen LogP contribution in [0.5, 0.6) is 0 Å². The molecule has 0 unspecified atom stereocenters. The molecule has 1 saturated heterocycles. The number of anilines is 1. The molecule has 0 amide bonds. The highest BCUT2D eigenvalue weighted by molar-refractivity contribution is 7.92. The highest BCUT2D eigenvalue weighted by Gasteiger charge is 2.22. The lowest BCUT2D eigenvalue weighted by Gasteiger charge is -2.32. The summed E-state index contributed by atoms with van der Waals surface area (Å²) in [6, 6.07) is 18.6. The minimum Gasteiger partial charge on any atom is -0.303 e. The molecule has 2 aromatic carbocycles. The monoisotopic (exact) mass is 451 g/mol. The number of benzene rings is 2. The van der Waals surface area contributed by atoms with E-state index in [1.54, 1.807) is 0 Å². The summed E-state index contributed by atoms with van der Waals surface area (Å²) in [4.78, 5) is 7.22. The van der Waals surface area contributed by atoms with Crippen molar-refractivity contribution in [2.75, 3.05) is 30.1 Å². The van der Waals surface area contributed by atoms with E-state index in [-0.39, 0.29) is 5.75 Å². The fourth-order valence-corrected chi connectivity index (χ4v) is 5.81. The molecule has 32 heavy (non-hydrogen) atoms. The van der Waals surface area contributed by atoms with Gasteiger partial charge in [-0.15, -0.1) is 0 Å². The first-order valence-electron chi connectivity index (χ1n) is 11.6. The van der Waals surface area contributed by atoms with Crippen molar-refractivity contribution in [3.63, 3.8) is 0 Å². The second-order valence-corrected chi connectivity index (χ2v) is 10.7. The summed E-state index contributed by atoms with van der Waals surface area (Å²) in [6.45, 7) is 7.08. The number of piperidine rings is 1. The Morgan fingerprint density at radius 3 is 2.62 bits per heavy atom. The summed E-state index contributed by atoms with van der Waals surface area (Å²) in [7, 11) is -3.25. The molecular weight excluding hydrogens is 418 g/mol. The van der Waals surface area contributed by atoms with Crippen LogP contribution in [0.3, 0.4) is 0 Å². The molecule has 5 nitrogen and oxygen atoms in total. The normalized spacial score (nSPS) is 15.8. The Balaban J connectivity index is 1.33. The second-order valence-electron chi connectivity index (χ2n) is 8.85. The molecule has 3 aromatic rings. The SMILES string of the molecule is CCCS(=O)(=O)Nc1cccc(CCN2CCC(c3cccc4nc(C)ccc34)CC2)c1. The van der Waals surface area contributed by atoms with Gasteiger partial charge in [0.25, 0.3) is 0 Å². The fraction of sp³-hybridized carbons (Fsp3) is 0.423. The summed E-state index contributed by atoms with van der Waals surface area (Å²) in [5.41, 5.74) is 5.42. The molecule has 0 saturated carbocycles. The van der Waals surface area contributed by atoms with Gasteiger partial charge in [0, 0.05) is 23.3 Å². The molecule has 0 spiro atoms. The number of likely N-dealkylation sites (tertiary alicyclic amines) is 1. The first-order valence-corrected chi connectivity index (χ1v) is 13.3. The number of rotatable bonds is 8. The van der Waals surface area contributed by atoms with Gasteiger partial charge >= 0.3 is 0 Å². The average molecular weight is 452 g/mol. The van der Waals surface area contributed by atoms with Crippen LogP contribution in [0.1, 0.15) is 48.9 Å². The standard InChI is InChI=1S/C26H33N3O2S/c1-3-18-32(30,31)28-23-7-4-6-21(19-23)12-15-29-16-13-22(14-17-29)24-8-5-9-26-25(24)11-10-20(2)27-26/h4-11,19,22,28H,3,12-18H2,1-2H3. The highest BCUT2D eigenvalue weighted by atomic mass is 32.2. The molecule has 1 fully saturated rings. The van der Waals surface area contributed by atoms with Crippen LogP contribution in [0.25, 0.3) is 10.9 Å². The van der Waals surface area contributed by atoms with Gasteiger partial charge in [-0.3, -0.25) is 9.71 Å². The molecule has 4 rings (SSSR count). The van der Waals surface area contributed by atoms with Gasteiger partial charge in [0.15, 0.2) is 0 Å². The summed E-state index contributed by atoms with van der Waals surface area (Å²) in [5, 5.41) is 1.29. The third-order valence-corrected chi connectivity index (χ3v) is 7.81. The Morgan fingerprint density at radius 2 is 1.84 bits per heavy atom. The van der Waals surface area contributed by atoms with E-state index in [9.17, 15) is 8.42 Å². The van der Waals surface area contributed by atoms with Crippen molar-refractivity contribution in [1.29, 1.82) is 0 Å². The lowest BCUT2D eigenvalue weighted by atomic mass is 9.87. The van der Waals surface area contributed by atoms with Gasteiger partial charge in [-0.1, -0.05) is 37.3 Å². The number of sulfonamides is 1. The summed E-state index contributed by atoms with van der Waals surface area (Å²) >= 11 is 0. The van der Waals surface area contributed by atoms with Gasteiger partial charge in [-0.05, 0) is 87.0 Å². The van der Waals surface area contributed by atoms with Crippen LogP contribution in [0.2, 0.25) is 0 Å². The van der Waals surface area contributed by atoms with E-state index >= 15 is 0 Å². The van der Waals surface area contributed by atoms with E-state index in [0.717, 1.165) is 50.1 Å². The molecule has 0 bridgehead atoms. The number of hydrogen-bond donors (Lipinski definition) is 1. The zero-order valence-electron chi connectivity index (χ0n) is 19.0. The molecule has 170 valence electrons. The predicted octanol–water partition coefficient (Wildman–Crippen LogP) is 5.12. The third kappa shape index (κ3) is 5.67. The van der Waals surface area contributed by atoms with Crippen molar-refractivity contribution in [3.8, 4) is 0 Å². The predicted molar refractivity (Wildman–Crippen MR) is 133 cm³/mol. The maximum absolute atomic E-state index is 12.0. The molecule has 2 heterocycles. The molecule has 0 aliphatic carbocycles. The summed E-state index contributed by atoms with van der Waals surface area (Å²) in [6.07, 6.45) is 3.85. The highest BCUT2D eigenvalue weighted by Crippen LogP contribution is 2.32. The van der Waals surface area contributed by atoms with Crippen LogP contribution < -0.4 is 4.72 Å². The Labute approximate surface area is 191 Å². The fourth-order valence-electron chi connectivity index (χ4n) is 4.68. The van der Waals surface area contributed by atoms with E-state index in [1.807, 2.05) is 32.0 Å². The van der Waals surface area contributed by atoms with E-state index in [4.69, 9.17) is 4.98 Å². The Kier molecular flexibility index (Phi) is 7.11. The number of fused-ring (bicyclic) bond motifs is 1. The number of aryl methyl sites for hydroxylation is 1. The Bertz CT molecular complexity index is 1170. The van der Waals surface area contributed by atoms with Crippen molar-refractivity contribution in [3.05, 3.63) is 71.4 Å². The van der Waals surface area contributed by atoms with Gasteiger partial charge in [0.05, 0.1) is 11.3 Å². The van der Waals surface area contributed by atoms with Crippen LogP contribution in [-0.2, 0) is 16.4 Å². The average Bonchev–Trinajstić information content (AvgIpc) is 2.77. The molecule has 0 radical (unpaired) electrons. The molecular formula is C26H33N3O2S. The topological polar surface area (TPSA) is 62.3 Å². The van der Waals surface area contributed by atoms with Crippen LogP contribution in [0, 0.1) is 6.92 Å². The zero-order chi connectivity index (χ0) is 22.6. The molecule has 1 aromatic heterocycles. The minimum atomic E-state index is -3.25. The molecule has 1 N–H and O–H groups in total. The van der Waals surface area contributed by atoms with E-state index in [0.29, 0.717) is 18.0 Å². The van der Waals surface area contributed by atoms with Gasteiger partial charge in [-0.2, -0.15) is 0 Å². The first-order chi connectivity index (χ1) is 15.4. The second kappa shape index (κ2) is 10.0.